The summed E-state index contributed by atoms with van der Waals surface area (Å²) in [6, 6.07) is 0. The van der Waals surface area contributed by atoms with Crippen LogP contribution in [0.15, 0.2) is 60.8 Å². The molecule has 1 atom stereocenters. The lowest BCUT2D eigenvalue weighted by molar-refractivity contribution is -0.167. The maximum absolute atomic E-state index is 12.9. The van der Waals surface area contributed by atoms with E-state index in [1.807, 2.05) is 0 Å². The molecule has 6 nitrogen and oxygen atoms in total. The fourth-order valence-electron chi connectivity index (χ4n) is 9.85. The summed E-state index contributed by atoms with van der Waals surface area (Å²) < 4.78 is 17.0. The lowest BCUT2D eigenvalue weighted by atomic mass is 10.1. The van der Waals surface area contributed by atoms with E-state index < -0.39 is 6.10 Å². The van der Waals surface area contributed by atoms with Gasteiger partial charge in [0.15, 0.2) is 6.10 Å². The minimum absolute atomic E-state index is 0.0786. The van der Waals surface area contributed by atoms with Crippen LogP contribution in [0, 0.1) is 0 Å². The van der Waals surface area contributed by atoms with Crippen molar-refractivity contribution in [3.05, 3.63) is 60.8 Å². The van der Waals surface area contributed by atoms with Crippen LogP contribution in [0.25, 0.3) is 0 Å². The first-order valence-electron chi connectivity index (χ1n) is 33.8. The molecule has 0 spiro atoms. The molecule has 0 N–H and O–H groups in total. The van der Waals surface area contributed by atoms with E-state index >= 15 is 0 Å². The molecule has 448 valence electrons. The second-order valence-electron chi connectivity index (χ2n) is 22.7. The number of rotatable bonds is 62. The van der Waals surface area contributed by atoms with Crippen LogP contribution in [0.4, 0.5) is 0 Å². The van der Waals surface area contributed by atoms with Crippen molar-refractivity contribution >= 4 is 17.9 Å². The molecule has 0 aromatic carbocycles. The van der Waals surface area contributed by atoms with Crippen LogP contribution in [-0.4, -0.2) is 37.2 Å². The molecule has 0 aliphatic carbocycles. The van der Waals surface area contributed by atoms with Gasteiger partial charge >= 0.3 is 17.9 Å². The van der Waals surface area contributed by atoms with Gasteiger partial charge in [-0.1, -0.05) is 287 Å². The van der Waals surface area contributed by atoms with Crippen molar-refractivity contribution in [1.29, 1.82) is 0 Å². The normalized spacial score (nSPS) is 12.4. The summed E-state index contributed by atoms with van der Waals surface area (Å²) in [5, 5.41) is 0. The quantitative estimate of drug-likeness (QED) is 0.0261. The van der Waals surface area contributed by atoms with Crippen LogP contribution in [0.2, 0.25) is 0 Å². The predicted octanol–water partition coefficient (Wildman–Crippen LogP) is 23.1. The standard InChI is InChI=1S/C71H128O6/c1-4-7-10-13-16-19-22-25-28-31-33-34-35-36-37-38-39-41-43-46-49-52-55-58-61-64-70(73)76-67-68(66-75-69(72)63-60-57-54-51-48-45-42-30-27-24-21-18-15-12-9-6-3)77-71(74)65-62-59-56-53-50-47-44-40-32-29-26-23-20-17-14-11-8-5-2/h22,25,29-33,35-36,42,68H,4-21,23-24,26-28,34,37-41,43-67H2,1-3H3/b25-22-,32-29-,33-31-,36-35-,42-30-. The summed E-state index contributed by atoms with van der Waals surface area (Å²) in [6.45, 7) is 6.66. The predicted molar refractivity (Wildman–Crippen MR) is 335 cm³/mol. The van der Waals surface area contributed by atoms with Gasteiger partial charge in [0.2, 0.25) is 0 Å². The molecule has 0 aliphatic heterocycles. The van der Waals surface area contributed by atoms with E-state index in [1.165, 1.54) is 238 Å². The molecular formula is C71H128O6. The van der Waals surface area contributed by atoms with Crippen LogP contribution in [0.1, 0.15) is 355 Å². The van der Waals surface area contributed by atoms with Gasteiger partial charge in [-0.05, 0) is 109 Å². The van der Waals surface area contributed by atoms with Gasteiger partial charge in [-0.2, -0.15) is 0 Å². The van der Waals surface area contributed by atoms with Crippen LogP contribution < -0.4 is 0 Å². The Balaban J connectivity index is 4.34. The lowest BCUT2D eigenvalue weighted by Gasteiger charge is -2.18. The van der Waals surface area contributed by atoms with E-state index in [0.29, 0.717) is 19.3 Å². The van der Waals surface area contributed by atoms with Crippen molar-refractivity contribution in [3.8, 4) is 0 Å². The SMILES string of the molecule is CCCCCCC/C=C\C/C=C\C/C=C\CCCCCCCCCCCCC(=O)OCC(COC(=O)CCCCCCC/C=C\CCCCCCCCC)OC(=O)CCCCCCCCC/C=C\CCCCCCCCC. The maximum Gasteiger partial charge on any atom is 0.306 e. The molecule has 0 bridgehead atoms. The Hall–Kier alpha value is -2.89. The Bertz CT molecular complexity index is 1380. The first-order valence-corrected chi connectivity index (χ1v) is 33.8. The monoisotopic (exact) mass is 1080 g/mol. The van der Waals surface area contributed by atoms with Crippen molar-refractivity contribution in [1.82, 2.24) is 0 Å². The van der Waals surface area contributed by atoms with Gasteiger partial charge in [0.1, 0.15) is 13.2 Å². The Kier molecular flexibility index (Phi) is 63.2. The molecule has 1 unspecified atom stereocenters. The average molecular weight is 1080 g/mol. The molecule has 0 saturated carbocycles. The van der Waals surface area contributed by atoms with Gasteiger partial charge in [-0.15, -0.1) is 0 Å². The summed E-state index contributed by atoms with van der Waals surface area (Å²) in [5.41, 5.74) is 0. The third-order valence-electron chi connectivity index (χ3n) is 15.0. The Morgan fingerprint density at radius 3 is 0.740 bits per heavy atom. The van der Waals surface area contributed by atoms with Gasteiger partial charge in [0.25, 0.3) is 0 Å². The first-order chi connectivity index (χ1) is 38.0. The Morgan fingerprint density at radius 1 is 0.260 bits per heavy atom. The molecule has 0 aliphatic rings. The van der Waals surface area contributed by atoms with Crippen LogP contribution in [-0.2, 0) is 28.6 Å². The van der Waals surface area contributed by atoms with E-state index in [9.17, 15) is 14.4 Å². The number of ether oxygens (including phenoxy) is 3. The molecule has 0 aromatic heterocycles. The number of unbranched alkanes of at least 4 members (excludes halogenated alkanes) is 41. The van der Waals surface area contributed by atoms with Crippen molar-refractivity contribution in [2.45, 2.75) is 361 Å². The third kappa shape index (κ3) is 63.8. The van der Waals surface area contributed by atoms with E-state index in [0.717, 1.165) is 77.0 Å². The minimum atomic E-state index is -0.783. The average Bonchev–Trinajstić information content (AvgIpc) is 3.43. The van der Waals surface area contributed by atoms with Crippen LogP contribution >= 0.6 is 0 Å². The van der Waals surface area contributed by atoms with E-state index in [1.54, 1.807) is 0 Å². The molecule has 0 amide bonds. The van der Waals surface area contributed by atoms with E-state index in [4.69, 9.17) is 14.2 Å². The minimum Gasteiger partial charge on any atom is -0.462 e. The number of hydrogen-bond acceptors (Lipinski definition) is 6. The number of carbonyl (C=O) groups is 3. The van der Waals surface area contributed by atoms with E-state index in [-0.39, 0.29) is 31.1 Å². The molecule has 0 heterocycles. The lowest BCUT2D eigenvalue weighted by Crippen LogP contribution is -2.30. The third-order valence-corrected chi connectivity index (χ3v) is 15.0. The molecule has 0 aromatic rings. The zero-order valence-corrected chi connectivity index (χ0v) is 51.5. The molecule has 0 saturated heterocycles. The highest BCUT2D eigenvalue weighted by atomic mass is 16.6. The number of esters is 3. The highest BCUT2D eigenvalue weighted by Gasteiger charge is 2.19. The van der Waals surface area contributed by atoms with Gasteiger partial charge in [-0.25, -0.2) is 0 Å². The summed E-state index contributed by atoms with van der Waals surface area (Å²) in [6.07, 6.45) is 83.7. The van der Waals surface area contributed by atoms with E-state index in [2.05, 4.69) is 81.5 Å². The maximum atomic E-state index is 12.9. The second-order valence-corrected chi connectivity index (χ2v) is 22.7. The van der Waals surface area contributed by atoms with Gasteiger partial charge in [0, 0.05) is 19.3 Å². The molecule has 0 rings (SSSR count). The first kappa shape index (κ1) is 74.1. The van der Waals surface area contributed by atoms with Gasteiger partial charge < -0.3 is 14.2 Å². The van der Waals surface area contributed by atoms with Gasteiger partial charge in [-0.3, -0.25) is 14.4 Å². The summed E-state index contributed by atoms with van der Waals surface area (Å²) in [5.74, 6) is -0.875. The number of hydrogen-bond donors (Lipinski definition) is 0. The summed E-state index contributed by atoms with van der Waals surface area (Å²) in [7, 11) is 0. The zero-order chi connectivity index (χ0) is 55.7. The zero-order valence-electron chi connectivity index (χ0n) is 51.5. The molecular weight excluding hydrogens is 949 g/mol. The number of carbonyl (C=O) groups excluding carboxylic acids is 3. The van der Waals surface area contributed by atoms with Crippen LogP contribution in [0.5, 0.6) is 0 Å². The fourth-order valence-corrected chi connectivity index (χ4v) is 9.85. The largest absolute Gasteiger partial charge is 0.462 e. The van der Waals surface area contributed by atoms with Gasteiger partial charge in [0.05, 0.1) is 0 Å². The Morgan fingerprint density at radius 2 is 0.468 bits per heavy atom. The highest BCUT2D eigenvalue weighted by Crippen LogP contribution is 2.17. The molecule has 6 heteroatoms. The molecule has 0 radical (unpaired) electrons. The number of allylic oxidation sites excluding steroid dienone is 10. The van der Waals surface area contributed by atoms with Crippen LogP contribution in [0.3, 0.4) is 0 Å². The Labute approximate surface area is 479 Å². The van der Waals surface area contributed by atoms with Crippen molar-refractivity contribution < 1.29 is 28.6 Å². The smallest absolute Gasteiger partial charge is 0.306 e. The summed E-state index contributed by atoms with van der Waals surface area (Å²) >= 11 is 0. The van der Waals surface area contributed by atoms with Crippen molar-refractivity contribution in [2.24, 2.45) is 0 Å². The van der Waals surface area contributed by atoms with Crippen molar-refractivity contribution in [3.63, 3.8) is 0 Å². The summed E-state index contributed by atoms with van der Waals surface area (Å²) in [4.78, 5) is 38.4. The fraction of sp³-hybridized carbons (Fsp3) is 0.817. The molecule has 77 heavy (non-hydrogen) atoms. The second kappa shape index (κ2) is 65.6. The van der Waals surface area contributed by atoms with Crippen molar-refractivity contribution in [2.75, 3.05) is 13.2 Å². The topological polar surface area (TPSA) is 78.9 Å². The molecule has 0 fully saturated rings. The highest BCUT2D eigenvalue weighted by molar-refractivity contribution is 5.71.